The molecule has 2 heterocycles. The molecule has 0 amide bonds. The first-order valence-electron chi connectivity index (χ1n) is 6.40. The van der Waals surface area contributed by atoms with Gasteiger partial charge in [0.1, 0.15) is 0 Å². The summed E-state index contributed by atoms with van der Waals surface area (Å²) in [6.07, 6.45) is 2.41. The molecule has 1 aliphatic rings. The van der Waals surface area contributed by atoms with Gasteiger partial charge in [-0.1, -0.05) is 12.1 Å². The highest BCUT2D eigenvalue weighted by molar-refractivity contribution is 5.33. The van der Waals surface area contributed by atoms with Gasteiger partial charge in [0.25, 0.3) is 0 Å². The summed E-state index contributed by atoms with van der Waals surface area (Å²) in [5.41, 5.74) is 2.19. The van der Waals surface area contributed by atoms with Crippen LogP contribution in [-0.4, -0.2) is 50.2 Å². The highest BCUT2D eigenvalue weighted by Crippen LogP contribution is 2.15. The normalized spacial score (nSPS) is 23.9. The van der Waals surface area contributed by atoms with Crippen molar-refractivity contribution in [2.24, 2.45) is 0 Å². The van der Waals surface area contributed by atoms with Gasteiger partial charge in [0.2, 0.25) is 0 Å². The first kappa shape index (κ1) is 12.3. The predicted octanol–water partition coefficient (Wildman–Crippen LogP) is 0.410. The SMILES string of the molecule is O[C@@H]1CN(Cc2ccc(-n3cccn3)cc2)C[C@@H]1O. The summed E-state index contributed by atoms with van der Waals surface area (Å²) in [5, 5.41) is 23.2. The van der Waals surface area contributed by atoms with Crippen LogP contribution in [-0.2, 0) is 6.54 Å². The largest absolute Gasteiger partial charge is 0.389 e. The summed E-state index contributed by atoms with van der Waals surface area (Å²) >= 11 is 0. The van der Waals surface area contributed by atoms with E-state index in [1.54, 1.807) is 6.20 Å². The molecule has 5 nitrogen and oxygen atoms in total. The Kier molecular flexibility index (Phi) is 3.33. The number of nitrogens with zero attached hydrogens (tertiary/aromatic N) is 3. The standard InChI is InChI=1S/C14H17N3O2/c18-13-9-16(10-14(13)19)8-11-2-4-12(5-3-11)17-7-1-6-15-17/h1-7,13-14,18-19H,8-10H2/t13-,14+. The molecule has 1 aliphatic heterocycles. The van der Waals surface area contributed by atoms with Gasteiger partial charge in [-0.05, 0) is 23.8 Å². The number of rotatable bonds is 3. The fourth-order valence-corrected chi connectivity index (χ4v) is 2.41. The lowest BCUT2D eigenvalue weighted by Crippen LogP contribution is -2.22. The van der Waals surface area contributed by atoms with Crippen LogP contribution in [0.15, 0.2) is 42.7 Å². The Labute approximate surface area is 111 Å². The molecule has 0 bridgehead atoms. The van der Waals surface area contributed by atoms with E-state index in [2.05, 4.69) is 10.00 Å². The second kappa shape index (κ2) is 5.13. The van der Waals surface area contributed by atoms with Crippen LogP contribution in [0.2, 0.25) is 0 Å². The van der Waals surface area contributed by atoms with Crippen molar-refractivity contribution in [1.29, 1.82) is 0 Å². The lowest BCUT2D eigenvalue weighted by Gasteiger charge is -2.14. The lowest BCUT2D eigenvalue weighted by molar-refractivity contribution is 0.0572. The molecule has 0 aliphatic carbocycles. The van der Waals surface area contributed by atoms with Crippen LogP contribution in [0.1, 0.15) is 5.56 Å². The maximum absolute atomic E-state index is 9.51. The van der Waals surface area contributed by atoms with E-state index in [-0.39, 0.29) is 0 Å². The van der Waals surface area contributed by atoms with E-state index in [0.29, 0.717) is 13.1 Å². The van der Waals surface area contributed by atoms with Crippen molar-refractivity contribution in [3.8, 4) is 5.69 Å². The third kappa shape index (κ3) is 2.68. The molecule has 19 heavy (non-hydrogen) atoms. The topological polar surface area (TPSA) is 61.5 Å². The molecule has 0 radical (unpaired) electrons. The molecular formula is C14H17N3O2. The number of hydrogen-bond donors (Lipinski definition) is 2. The zero-order chi connectivity index (χ0) is 13.2. The quantitative estimate of drug-likeness (QED) is 0.838. The maximum Gasteiger partial charge on any atom is 0.0938 e. The van der Waals surface area contributed by atoms with Gasteiger partial charge >= 0.3 is 0 Å². The number of aliphatic hydroxyl groups is 2. The number of β-amino-alcohol motifs (C(OH)–C–C–N with tert-alkyl or cyclic N) is 2. The first-order valence-corrected chi connectivity index (χ1v) is 6.40. The minimum atomic E-state index is -0.622. The number of aliphatic hydroxyl groups excluding tert-OH is 2. The third-order valence-electron chi connectivity index (χ3n) is 3.45. The Balaban J connectivity index is 1.67. The second-order valence-corrected chi connectivity index (χ2v) is 4.95. The zero-order valence-electron chi connectivity index (χ0n) is 10.6. The van der Waals surface area contributed by atoms with Gasteiger partial charge in [0.15, 0.2) is 0 Å². The number of aromatic nitrogens is 2. The summed E-state index contributed by atoms with van der Waals surface area (Å²) < 4.78 is 1.81. The van der Waals surface area contributed by atoms with Crippen molar-refractivity contribution in [3.63, 3.8) is 0 Å². The van der Waals surface area contributed by atoms with Crippen molar-refractivity contribution in [1.82, 2.24) is 14.7 Å². The molecule has 100 valence electrons. The summed E-state index contributed by atoms with van der Waals surface area (Å²) in [5.74, 6) is 0. The fourth-order valence-electron chi connectivity index (χ4n) is 2.41. The van der Waals surface area contributed by atoms with Crippen LogP contribution in [0.3, 0.4) is 0 Å². The van der Waals surface area contributed by atoms with Crippen molar-refractivity contribution in [2.45, 2.75) is 18.8 Å². The van der Waals surface area contributed by atoms with Crippen molar-refractivity contribution >= 4 is 0 Å². The average molecular weight is 259 g/mol. The van der Waals surface area contributed by atoms with Gasteiger partial charge in [-0.15, -0.1) is 0 Å². The van der Waals surface area contributed by atoms with Crippen LogP contribution in [0.5, 0.6) is 0 Å². The summed E-state index contributed by atoms with van der Waals surface area (Å²) in [6, 6.07) is 10.0. The molecule has 1 saturated heterocycles. The highest BCUT2D eigenvalue weighted by atomic mass is 16.3. The maximum atomic E-state index is 9.51. The molecular weight excluding hydrogens is 242 g/mol. The molecule has 0 spiro atoms. The van der Waals surface area contributed by atoms with Gasteiger partial charge in [0, 0.05) is 32.0 Å². The molecule has 1 aromatic heterocycles. The summed E-state index contributed by atoms with van der Waals surface area (Å²) in [6.45, 7) is 1.80. The Bertz CT molecular complexity index is 514. The minimum absolute atomic E-state index is 0.530. The fraction of sp³-hybridized carbons (Fsp3) is 0.357. The van der Waals surface area contributed by atoms with Crippen LogP contribution < -0.4 is 0 Å². The van der Waals surface area contributed by atoms with Crippen LogP contribution >= 0.6 is 0 Å². The van der Waals surface area contributed by atoms with E-state index in [4.69, 9.17) is 0 Å². The van der Waals surface area contributed by atoms with Crippen LogP contribution in [0.4, 0.5) is 0 Å². The van der Waals surface area contributed by atoms with E-state index >= 15 is 0 Å². The van der Waals surface area contributed by atoms with Crippen molar-refractivity contribution in [2.75, 3.05) is 13.1 Å². The first-order chi connectivity index (χ1) is 9.22. The van der Waals surface area contributed by atoms with Crippen LogP contribution in [0.25, 0.3) is 5.69 Å². The molecule has 2 aromatic rings. The molecule has 0 saturated carbocycles. The lowest BCUT2D eigenvalue weighted by atomic mass is 10.2. The van der Waals surface area contributed by atoms with E-state index in [9.17, 15) is 10.2 Å². The van der Waals surface area contributed by atoms with Gasteiger partial charge in [-0.2, -0.15) is 5.10 Å². The highest BCUT2D eigenvalue weighted by Gasteiger charge is 2.29. The van der Waals surface area contributed by atoms with Gasteiger partial charge in [-0.25, -0.2) is 4.68 Å². The number of benzene rings is 1. The molecule has 3 rings (SSSR count). The Morgan fingerprint density at radius 2 is 1.79 bits per heavy atom. The Morgan fingerprint density at radius 1 is 1.11 bits per heavy atom. The van der Waals surface area contributed by atoms with E-state index in [0.717, 1.165) is 17.8 Å². The summed E-state index contributed by atoms with van der Waals surface area (Å²) in [7, 11) is 0. The Morgan fingerprint density at radius 3 is 2.37 bits per heavy atom. The summed E-state index contributed by atoms with van der Waals surface area (Å²) in [4.78, 5) is 2.05. The van der Waals surface area contributed by atoms with Crippen molar-refractivity contribution < 1.29 is 10.2 Å². The zero-order valence-corrected chi connectivity index (χ0v) is 10.6. The van der Waals surface area contributed by atoms with Crippen LogP contribution in [0, 0.1) is 0 Å². The van der Waals surface area contributed by atoms with E-state index in [1.165, 1.54) is 0 Å². The third-order valence-corrected chi connectivity index (χ3v) is 3.45. The minimum Gasteiger partial charge on any atom is -0.389 e. The molecule has 2 atom stereocenters. The van der Waals surface area contributed by atoms with Gasteiger partial charge < -0.3 is 10.2 Å². The molecule has 1 aromatic carbocycles. The molecule has 1 fully saturated rings. The Hall–Kier alpha value is -1.69. The van der Waals surface area contributed by atoms with Crippen molar-refractivity contribution in [3.05, 3.63) is 48.3 Å². The number of likely N-dealkylation sites (tertiary alicyclic amines) is 1. The molecule has 5 heteroatoms. The monoisotopic (exact) mass is 259 g/mol. The second-order valence-electron chi connectivity index (χ2n) is 4.95. The van der Waals surface area contributed by atoms with Gasteiger partial charge in [-0.3, -0.25) is 4.90 Å². The molecule has 0 unspecified atom stereocenters. The van der Waals surface area contributed by atoms with Gasteiger partial charge in [0.05, 0.1) is 17.9 Å². The average Bonchev–Trinajstić information content (AvgIpc) is 3.02. The predicted molar refractivity (Wildman–Crippen MR) is 70.9 cm³/mol. The molecule has 2 N–H and O–H groups in total. The van der Waals surface area contributed by atoms with E-state index in [1.807, 2.05) is 41.2 Å². The number of hydrogen-bond acceptors (Lipinski definition) is 4. The van der Waals surface area contributed by atoms with E-state index < -0.39 is 12.2 Å². The smallest absolute Gasteiger partial charge is 0.0938 e.